The van der Waals surface area contributed by atoms with Gasteiger partial charge in [0.05, 0.1) is 53.8 Å². The number of nitrogens with zero attached hydrogens (tertiary/aromatic N) is 1. The number of ketones is 3. The van der Waals surface area contributed by atoms with Crippen molar-refractivity contribution in [3.05, 3.63) is 51.6 Å². The van der Waals surface area contributed by atoms with Gasteiger partial charge in [-0.3, -0.25) is 19.2 Å². The Morgan fingerprint density at radius 2 is 1.49 bits per heavy atom. The molecule has 2 aromatic carbocycles. The summed E-state index contributed by atoms with van der Waals surface area (Å²) in [5.41, 5.74) is -3.58. The SMILES string of the molecule is CCC1(O)CC(OC2CC(N(C)C)C(OC3CC(O)C(OC4CCC(=O)C(C)O4)C(C)O3)C(C)O2)c2c(cc3c(c2O)C(=O)c2c(O)ccc(O)c2C3=O)C1C(=O)OC.[HH].[HH].[HH].[HH]. The van der Waals surface area contributed by atoms with Gasteiger partial charge >= 0.3 is 5.97 Å². The first-order valence-electron chi connectivity index (χ1n) is 20.0. The van der Waals surface area contributed by atoms with Crippen LogP contribution in [-0.4, -0.2) is 142 Å². The highest BCUT2D eigenvalue weighted by Gasteiger charge is 2.54. The van der Waals surface area contributed by atoms with Gasteiger partial charge in [-0.1, -0.05) is 6.92 Å². The molecule has 2 aromatic rings. The van der Waals surface area contributed by atoms with Crippen LogP contribution in [0.3, 0.4) is 0 Å². The second-order valence-corrected chi connectivity index (χ2v) is 16.4. The molecule has 7 rings (SSSR count). The number of phenols is 3. The van der Waals surface area contributed by atoms with Crippen LogP contribution in [-0.2, 0) is 42.7 Å². The number of esters is 1. The Labute approximate surface area is 347 Å². The van der Waals surface area contributed by atoms with E-state index in [1.165, 1.54) is 6.07 Å². The molecule has 0 bridgehead atoms. The first kappa shape index (κ1) is 43.1. The van der Waals surface area contributed by atoms with Crippen molar-refractivity contribution in [2.45, 2.75) is 145 Å². The maximum Gasteiger partial charge on any atom is 0.316 e. The largest absolute Gasteiger partial charge is 0.507 e. The van der Waals surface area contributed by atoms with Gasteiger partial charge in [-0.25, -0.2) is 0 Å². The zero-order chi connectivity index (χ0) is 42.8. The maximum absolute atomic E-state index is 14.0. The van der Waals surface area contributed by atoms with E-state index in [-0.39, 0.29) is 59.9 Å². The molecule has 17 heteroatoms. The van der Waals surface area contributed by atoms with E-state index < -0.39 is 125 Å². The number of rotatable bonds is 9. The lowest BCUT2D eigenvalue weighted by Crippen LogP contribution is -2.58. The number of likely N-dealkylation sites (N-methyl/N-ethyl adjacent to an activating group) is 1. The number of hydrogen-bond acceptors (Lipinski definition) is 17. The molecule has 330 valence electrons. The summed E-state index contributed by atoms with van der Waals surface area (Å²) in [5, 5.41) is 56.5. The molecule has 13 atom stereocenters. The molecule has 13 unspecified atom stereocenters. The van der Waals surface area contributed by atoms with Crippen molar-refractivity contribution in [2.24, 2.45) is 0 Å². The minimum Gasteiger partial charge on any atom is -0.507 e. The average molecular weight is 836 g/mol. The van der Waals surface area contributed by atoms with Crippen molar-refractivity contribution in [1.82, 2.24) is 4.90 Å². The third-order valence-corrected chi connectivity index (χ3v) is 12.5. The molecule has 5 N–H and O–H groups in total. The van der Waals surface area contributed by atoms with Gasteiger partial charge in [-0.05, 0) is 65.0 Å². The van der Waals surface area contributed by atoms with Crippen molar-refractivity contribution in [1.29, 1.82) is 0 Å². The smallest absolute Gasteiger partial charge is 0.316 e. The van der Waals surface area contributed by atoms with E-state index in [1.807, 2.05) is 19.0 Å². The molecular formula is C42H61NO16. The highest BCUT2D eigenvalue weighted by atomic mass is 16.7. The Bertz CT molecular complexity index is 2010. The van der Waals surface area contributed by atoms with E-state index in [4.69, 9.17) is 33.2 Å². The van der Waals surface area contributed by atoms with Gasteiger partial charge in [-0.2, -0.15) is 0 Å². The Balaban J connectivity index is 0.00000264. The second-order valence-electron chi connectivity index (χ2n) is 16.4. The number of methoxy groups -OCH3 is 1. The fourth-order valence-corrected chi connectivity index (χ4v) is 9.33. The summed E-state index contributed by atoms with van der Waals surface area (Å²) in [5.74, 6) is -5.90. The number of aromatic hydroxyl groups is 3. The Morgan fingerprint density at radius 1 is 0.881 bits per heavy atom. The summed E-state index contributed by atoms with van der Waals surface area (Å²) in [6.45, 7) is 6.89. The number of carbonyl (C=O) groups is 4. The molecule has 3 saturated heterocycles. The molecule has 0 aromatic heterocycles. The number of hydrogen-bond donors (Lipinski definition) is 5. The number of fused-ring (bicyclic) bond motifs is 3. The van der Waals surface area contributed by atoms with Crippen LogP contribution in [0.4, 0.5) is 0 Å². The lowest BCUT2D eigenvalue weighted by atomic mass is 9.67. The molecule has 0 spiro atoms. The Kier molecular flexibility index (Phi) is 12.0. The Morgan fingerprint density at radius 3 is 2.08 bits per heavy atom. The fraction of sp³-hybridized carbons (Fsp3) is 0.619. The first-order chi connectivity index (χ1) is 27.9. The molecule has 3 heterocycles. The molecule has 17 nitrogen and oxygen atoms in total. The van der Waals surface area contributed by atoms with Crippen molar-refractivity contribution in [3.8, 4) is 17.2 Å². The summed E-state index contributed by atoms with van der Waals surface area (Å²) in [6, 6.07) is 3.01. The third-order valence-electron chi connectivity index (χ3n) is 12.5. The topological polar surface area (TPSA) is 237 Å². The quantitative estimate of drug-likeness (QED) is 0.152. The predicted octanol–water partition coefficient (Wildman–Crippen LogP) is 3.85. The number of benzene rings is 2. The van der Waals surface area contributed by atoms with Crippen LogP contribution in [0.25, 0.3) is 0 Å². The number of aliphatic hydroxyl groups is 2. The van der Waals surface area contributed by atoms with Crippen LogP contribution < -0.4 is 0 Å². The third kappa shape index (κ3) is 7.65. The monoisotopic (exact) mass is 835 g/mol. The highest BCUT2D eigenvalue weighted by molar-refractivity contribution is 6.31. The van der Waals surface area contributed by atoms with Gasteiger partial charge in [0.15, 0.2) is 30.4 Å². The van der Waals surface area contributed by atoms with Crippen LogP contribution in [0, 0.1) is 0 Å². The standard InChI is InChI=1S/C42H53NO16.4H2/c1-8-42(52)16-27(31-20(35(42)41(51)53-7)13-21-32(37(31)49)38(50)34-25(46)10-9-24(45)33(34)36(21)48)57-29-14-22(43(5)6)39(18(3)55-29)59-30-15-26(47)40(19(4)56-30)58-28-12-11-23(44)17(2)54-28;;;;/h9-10,13,17-19,22,26-30,35,39-40,45-47,49,52H,8,11-12,14-16H2,1-7H3;4*1H. The summed E-state index contributed by atoms with van der Waals surface area (Å²) in [4.78, 5) is 55.1. The van der Waals surface area contributed by atoms with Crippen LogP contribution in [0.1, 0.15) is 127 Å². The van der Waals surface area contributed by atoms with E-state index in [9.17, 15) is 44.7 Å². The number of phenolic OH excluding ortho intramolecular Hbond substituents is 3. The minimum atomic E-state index is -1.81. The molecule has 3 fully saturated rings. The second kappa shape index (κ2) is 16.4. The van der Waals surface area contributed by atoms with E-state index >= 15 is 0 Å². The molecule has 0 radical (unpaired) electrons. The summed E-state index contributed by atoms with van der Waals surface area (Å²) in [7, 11) is 4.85. The molecule has 5 aliphatic rings. The maximum atomic E-state index is 14.0. The molecule has 59 heavy (non-hydrogen) atoms. The van der Waals surface area contributed by atoms with Gasteiger partial charge in [-0.15, -0.1) is 0 Å². The fourth-order valence-electron chi connectivity index (χ4n) is 9.33. The highest BCUT2D eigenvalue weighted by Crippen LogP contribution is 2.54. The summed E-state index contributed by atoms with van der Waals surface area (Å²) >= 11 is 0. The van der Waals surface area contributed by atoms with Gasteiger partial charge in [0, 0.05) is 55.0 Å². The zero-order valence-corrected chi connectivity index (χ0v) is 34.1. The number of carbonyl (C=O) groups excluding carboxylic acids is 4. The van der Waals surface area contributed by atoms with Gasteiger partial charge < -0.3 is 63.6 Å². The van der Waals surface area contributed by atoms with Gasteiger partial charge in [0.2, 0.25) is 5.78 Å². The molecule has 2 aliphatic carbocycles. The van der Waals surface area contributed by atoms with Crippen molar-refractivity contribution in [3.63, 3.8) is 0 Å². The van der Waals surface area contributed by atoms with E-state index in [0.717, 1.165) is 19.2 Å². The van der Waals surface area contributed by atoms with Crippen LogP contribution in [0.5, 0.6) is 17.2 Å². The van der Waals surface area contributed by atoms with Crippen LogP contribution >= 0.6 is 0 Å². The number of Topliss-reactive ketones (excluding diaryl/α,β-unsaturated/α-hetero) is 1. The number of aliphatic hydroxyl groups excluding tert-OH is 1. The molecule has 0 saturated carbocycles. The normalized spacial score (nSPS) is 35.9. The predicted molar refractivity (Wildman–Crippen MR) is 211 cm³/mol. The molecular weight excluding hydrogens is 774 g/mol. The Hall–Kier alpha value is -4.04. The summed E-state index contributed by atoms with van der Waals surface area (Å²) in [6.07, 6.45) is -6.99. The van der Waals surface area contributed by atoms with Crippen LogP contribution in [0.2, 0.25) is 0 Å². The summed E-state index contributed by atoms with van der Waals surface area (Å²) < 4.78 is 42.6. The van der Waals surface area contributed by atoms with Crippen molar-refractivity contribution in [2.75, 3.05) is 21.2 Å². The van der Waals surface area contributed by atoms with Gasteiger partial charge in [0.1, 0.15) is 41.5 Å². The van der Waals surface area contributed by atoms with E-state index in [1.54, 1.807) is 27.7 Å². The zero-order valence-electron chi connectivity index (χ0n) is 34.1. The van der Waals surface area contributed by atoms with E-state index in [2.05, 4.69) is 0 Å². The first-order valence-corrected chi connectivity index (χ1v) is 20.0. The molecule has 3 aliphatic heterocycles. The lowest BCUT2D eigenvalue weighted by Gasteiger charge is -2.48. The lowest BCUT2D eigenvalue weighted by molar-refractivity contribution is -0.324. The van der Waals surface area contributed by atoms with E-state index in [0.29, 0.717) is 12.8 Å². The van der Waals surface area contributed by atoms with Crippen molar-refractivity contribution < 1.29 is 83.6 Å². The molecule has 0 amide bonds. The van der Waals surface area contributed by atoms with Gasteiger partial charge in [0.25, 0.3) is 0 Å². The van der Waals surface area contributed by atoms with Crippen LogP contribution in [0.15, 0.2) is 18.2 Å². The average Bonchev–Trinajstić information content (AvgIpc) is 3.17. The number of ether oxygens (including phenoxy) is 7. The minimum absolute atomic E-state index is 0. The van der Waals surface area contributed by atoms with Crippen molar-refractivity contribution >= 4 is 23.3 Å².